The first-order valence-corrected chi connectivity index (χ1v) is 8.15. The summed E-state index contributed by atoms with van der Waals surface area (Å²) < 4.78 is 29.1. The normalized spacial score (nSPS) is 12.5. The van der Waals surface area contributed by atoms with Crippen molar-refractivity contribution in [2.75, 3.05) is 5.75 Å². The van der Waals surface area contributed by atoms with Crippen molar-refractivity contribution in [3.63, 3.8) is 0 Å². The fourth-order valence-electron chi connectivity index (χ4n) is 1.69. The summed E-state index contributed by atoms with van der Waals surface area (Å²) in [5, 5.41) is 18.1. The summed E-state index contributed by atoms with van der Waals surface area (Å²) in [4.78, 5) is 0.00906. The first-order valence-electron chi connectivity index (χ1n) is 5.92. The van der Waals surface area contributed by atoms with E-state index in [9.17, 15) is 8.42 Å². The average molecular weight is 327 g/mol. The highest BCUT2D eigenvalue weighted by Gasteiger charge is 2.20. The molecule has 0 amide bonds. The molecule has 0 aliphatic heterocycles. The van der Waals surface area contributed by atoms with Crippen LogP contribution in [0.2, 0.25) is 0 Å². The van der Waals surface area contributed by atoms with Gasteiger partial charge in [0.05, 0.1) is 5.75 Å². The molecule has 112 valence electrons. The van der Waals surface area contributed by atoms with Crippen molar-refractivity contribution in [2.24, 2.45) is 5.16 Å². The molecule has 1 aromatic heterocycles. The highest BCUT2D eigenvalue weighted by molar-refractivity contribution is 7.91. The van der Waals surface area contributed by atoms with Crippen LogP contribution in [0.25, 0.3) is 0 Å². The third-order valence-corrected chi connectivity index (χ3v) is 4.26. The topological polar surface area (TPSA) is 109 Å². The van der Waals surface area contributed by atoms with Crippen LogP contribution in [0.5, 0.6) is 0 Å². The van der Waals surface area contributed by atoms with Gasteiger partial charge in [-0.25, -0.2) is 13.5 Å². The molecule has 2 rings (SSSR count). The van der Waals surface area contributed by atoms with Gasteiger partial charge in [0.25, 0.3) is 4.84 Å². The van der Waals surface area contributed by atoms with Crippen LogP contribution in [0.3, 0.4) is 0 Å². The average Bonchev–Trinajstić information content (AvgIpc) is 2.81. The first-order chi connectivity index (χ1) is 9.89. The van der Waals surface area contributed by atoms with Crippen LogP contribution in [0.1, 0.15) is 17.0 Å². The second-order valence-corrected chi connectivity index (χ2v) is 6.89. The fraction of sp³-hybridized carbons (Fsp3) is 0.250. The van der Waals surface area contributed by atoms with Gasteiger partial charge in [0.15, 0.2) is 9.84 Å². The van der Waals surface area contributed by atoms with Gasteiger partial charge in [-0.2, -0.15) is 0 Å². The van der Waals surface area contributed by atoms with E-state index in [2.05, 4.69) is 27.6 Å². The van der Waals surface area contributed by atoms with Crippen molar-refractivity contribution in [2.45, 2.75) is 12.7 Å². The second kappa shape index (κ2) is 6.19. The third-order valence-electron chi connectivity index (χ3n) is 2.69. The van der Waals surface area contributed by atoms with Gasteiger partial charge >= 0.3 is 0 Å². The first kappa shape index (κ1) is 15.4. The Balaban J connectivity index is 2.17. The molecule has 0 radical (unpaired) electrons. The molecule has 0 bridgehead atoms. The highest BCUT2D eigenvalue weighted by atomic mass is 32.2. The molecule has 2 N–H and O–H groups in total. The van der Waals surface area contributed by atoms with Crippen molar-refractivity contribution >= 4 is 27.8 Å². The minimum atomic E-state index is -3.60. The molecule has 0 spiro atoms. The lowest BCUT2D eigenvalue weighted by molar-refractivity contribution is 0.319. The smallest absolute Gasteiger partial charge is 0.284 e. The molecule has 1 aromatic carbocycles. The number of H-pyrrole nitrogens is 1. The van der Waals surface area contributed by atoms with Gasteiger partial charge in [0, 0.05) is 5.56 Å². The summed E-state index contributed by atoms with van der Waals surface area (Å²) in [6, 6.07) is 7.00. The molecule has 1 heterocycles. The molecule has 0 unspecified atom stereocenters. The van der Waals surface area contributed by atoms with Crippen LogP contribution in [0.4, 0.5) is 0 Å². The van der Waals surface area contributed by atoms with Crippen LogP contribution in [0.15, 0.2) is 33.8 Å². The molecular weight excluding hydrogens is 314 g/mol. The molecule has 0 aliphatic rings. The van der Waals surface area contributed by atoms with E-state index in [-0.39, 0.29) is 16.4 Å². The van der Waals surface area contributed by atoms with Gasteiger partial charge in [-0.3, -0.25) is 0 Å². The number of aryl methyl sites for hydroxylation is 1. The summed E-state index contributed by atoms with van der Waals surface area (Å²) in [6.45, 7) is 1.90. The zero-order chi connectivity index (χ0) is 15.5. The van der Waals surface area contributed by atoms with Crippen molar-refractivity contribution in [1.82, 2.24) is 10.2 Å². The molecule has 21 heavy (non-hydrogen) atoms. The van der Waals surface area contributed by atoms with E-state index in [1.54, 1.807) is 24.3 Å². The number of hydrogen-bond donors (Lipinski definition) is 2. The van der Waals surface area contributed by atoms with Crippen LogP contribution >= 0.6 is 12.2 Å². The van der Waals surface area contributed by atoms with E-state index in [1.807, 2.05) is 6.92 Å². The van der Waals surface area contributed by atoms with E-state index in [4.69, 9.17) is 9.62 Å². The Hall–Kier alpha value is -2.00. The Labute approximate surface area is 126 Å². The van der Waals surface area contributed by atoms with Crippen LogP contribution < -0.4 is 0 Å². The summed E-state index contributed by atoms with van der Waals surface area (Å²) >= 11 is 4.68. The van der Waals surface area contributed by atoms with Gasteiger partial charge < -0.3 is 9.62 Å². The lowest BCUT2D eigenvalue weighted by atomic mass is 10.1. The lowest BCUT2D eigenvalue weighted by Gasteiger charge is -2.05. The SMILES string of the molecule is Cc1ccc(/C(CS(=O)(=O)Cc2n[nH]c(=S)o2)=N\O)cc1. The standard InChI is InChI=1S/C12H13N3O4S2/c1-8-2-4-9(5-3-8)10(15-16)6-21(17,18)7-11-13-14-12(20)19-11/h2-5,16H,6-7H2,1H3,(H,14,20)/b15-10-. The Morgan fingerprint density at radius 2 is 2.10 bits per heavy atom. The fourth-order valence-corrected chi connectivity index (χ4v) is 3.07. The van der Waals surface area contributed by atoms with E-state index in [1.165, 1.54) is 0 Å². The van der Waals surface area contributed by atoms with Crippen LogP contribution in [0, 0.1) is 11.8 Å². The van der Waals surface area contributed by atoms with Crippen LogP contribution in [-0.2, 0) is 15.6 Å². The number of rotatable bonds is 5. The quantitative estimate of drug-likeness (QED) is 0.375. The van der Waals surface area contributed by atoms with E-state index in [0.717, 1.165) is 5.56 Å². The highest BCUT2D eigenvalue weighted by Crippen LogP contribution is 2.10. The molecule has 0 saturated carbocycles. The Kier molecular flexibility index (Phi) is 4.53. The molecule has 0 fully saturated rings. The predicted octanol–water partition coefficient (Wildman–Crippen LogP) is 1.83. The summed E-state index contributed by atoms with van der Waals surface area (Å²) in [6.07, 6.45) is 0. The van der Waals surface area contributed by atoms with Crippen LogP contribution in [-0.4, -0.2) is 35.3 Å². The molecule has 0 aliphatic carbocycles. The zero-order valence-electron chi connectivity index (χ0n) is 11.1. The minimum absolute atomic E-state index is 0.00906. The van der Waals surface area contributed by atoms with Gasteiger partial charge in [-0.15, -0.1) is 5.10 Å². The number of nitrogens with one attached hydrogen (secondary N) is 1. The van der Waals surface area contributed by atoms with Gasteiger partial charge in [0.2, 0.25) is 5.89 Å². The largest absolute Gasteiger partial charge is 0.413 e. The zero-order valence-corrected chi connectivity index (χ0v) is 12.7. The monoisotopic (exact) mass is 327 g/mol. The van der Waals surface area contributed by atoms with Gasteiger partial charge in [-0.1, -0.05) is 35.0 Å². The number of aromatic amines is 1. The molecule has 0 saturated heterocycles. The summed E-state index contributed by atoms with van der Waals surface area (Å²) in [5.41, 5.74) is 1.62. The van der Waals surface area contributed by atoms with E-state index >= 15 is 0 Å². The van der Waals surface area contributed by atoms with Crippen molar-refractivity contribution in [1.29, 1.82) is 0 Å². The van der Waals surface area contributed by atoms with Gasteiger partial charge in [0.1, 0.15) is 11.5 Å². The molecule has 7 nitrogen and oxygen atoms in total. The van der Waals surface area contributed by atoms with Crippen molar-refractivity contribution in [3.05, 3.63) is 46.1 Å². The third kappa shape index (κ3) is 4.23. The predicted molar refractivity (Wildman–Crippen MR) is 78.7 cm³/mol. The molecule has 9 heteroatoms. The Morgan fingerprint density at radius 1 is 1.43 bits per heavy atom. The Morgan fingerprint density at radius 3 is 2.62 bits per heavy atom. The van der Waals surface area contributed by atoms with E-state index < -0.39 is 21.3 Å². The van der Waals surface area contributed by atoms with Crippen molar-refractivity contribution < 1.29 is 18.0 Å². The minimum Gasteiger partial charge on any atom is -0.413 e. The van der Waals surface area contributed by atoms with Gasteiger partial charge in [-0.05, 0) is 19.1 Å². The number of hydrogen-bond acceptors (Lipinski definition) is 7. The maximum Gasteiger partial charge on any atom is 0.284 e. The number of benzene rings is 1. The van der Waals surface area contributed by atoms with E-state index in [0.29, 0.717) is 5.56 Å². The number of nitrogens with zero attached hydrogens (tertiary/aromatic N) is 2. The molecule has 2 aromatic rings. The number of oxime groups is 1. The maximum absolute atomic E-state index is 12.1. The maximum atomic E-state index is 12.1. The Bertz CT molecular complexity index is 804. The number of sulfone groups is 1. The number of aromatic nitrogens is 2. The summed E-state index contributed by atoms with van der Waals surface area (Å²) in [5.74, 6) is -0.881. The molecular formula is C12H13N3O4S2. The summed E-state index contributed by atoms with van der Waals surface area (Å²) in [7, 11) is -3.60. The molecule has 0 atom stereocenters. The lowest BCUT2D eigenvalue weighted by Crippen LogP contribution is -2.19. The van der Waals surface area contributed by atoms with Crippen molar-refractivity contribution in [3.8, 4) is 0 Å². The second-order valence-electron chi connectivity index (χ2n) is 4.45.